The van der Waals surface area contributed by atoms with Gasteiger partial charge < -0.3 is 16.0 Å². The molecule has 4 N–H and O–H groups in total. The van der Waals surface area contributed by atoms with E-state index in [1.54, 1.807) is 17.0 Å². The van der Waals surface area contributed by atoms with E-state index in [2.05, 4.69) is 4.98 Å². The lowest BCUT2D eigenvalue weighted by molar-refractivity contribution is 0.0986. The maximum atomic E-state index is 10.8. The first-order chi connectivity index (χ1) is 5.75. The Bertz CT molecular complexity index is 268. The van der Waals surface area contributed by atoms with Crippen molar-refractivity contribution in [3.05, 3.63) is 18.2 Å². The summed E-state index contributed by atoms with van der Waals surface area (Å²) < 4.78 is 1.70. The Morgan fingerprint density at radius 1 is 1.67 bits per heavy atom. The maximum absolute atomic E-state index is 10.8. The summed E-state index contributed by atoms with van der Waals surface area (Å²) in [5, 5.41) is 0. The van der Waals surface area contributed by atoms with Crippen molar-refractivity contribution in [2.45, 2.75) is 13.0 Å². The molecule has 1 amide bonds. The molecule has 5 nitrogen and oxygen atoms in total. The zero-order valence-electron chi connectivity index (χ0n) is 6.73. The third-order valence-electron chi connectivity index (χ3n) is 1.54. The van der Waals surface area contributed by atoms with Crippen LogP contribution in [0, 0.1) is 0 Å². The number of imidazole rings is 1. The maximum Gasteiger partial charge on any atom is 0.284 e. The van der Waals surface area contributed by atoms with Crippen molar-refractivity contribution < 1.29 is 4.79 Å². The normalized spacial score (nSPS) is 10.1. The molecule has 0 radical (unpaired) electrons. The second-order valence-corrected chi connectivity index (χ2v) is 2.45. The van der Waals surface area contributed by atoms with Crippen LogP contribution in [-0.2, 0) is 6.54 Å². The van der Waals surface area contributed by atoms with Crippen LogP contribution < -0.4 is 11.5 Å². The number of hydrogen-bond acceptors (Lipinski definition) is 3. The molecule has 1 rings (SSSR count). The first-order valence-corrected chi connectivity index (χ1v) is 3.76. The Balaban J connectivity index is 2.70. The SMILES string of the molecule is NCCCn1ccnc1C(N)=O. The van der Waals surface area contributed by atoms with Gasteiger partial charge in [-0.25, -0.2) is 4.98 Å². The molecule has 0 unspecified atom stereocenters. The lowest BCUT2D eigenvalue weighted by Gasteiger charge is -2.02. The van der Waals surface area contributed by atoms with Crippen molar-refractivity contribution in [3.8, 4) is 0 Å². The van der Waals surface area contributed by atoms with Crippen LogP contribution in [0.25, 0.3) is 0 Å². The lowest BCUT2D eigenvalue weighted by Crippen LogP contribution is -2.18. The van der Waals surface area contributed by atoms with E-state index in [-0.39, 0.29) is 0 Å². The Kier molecular flexibility index (Phi) is 2.82. The van der Waals surface area contributed by atoms with Gasteiger partial charge in [-0.1, -0.05) is 0 Å². The van der Waals surface area contributed by atoms with E-state index in [1.165, 1.54) is 0 Å². The van der Waals surface area contributed by atoms with Crippen molar-refractivity contribution in [1.29, 1.82) is 0 Å². The predicted octanol–water partition coefficient (Wildman–Crippen LogP) is -0.669. The standard InChI is InChI=1S/C7H12N4O/c8-2-1-4-11-5-3-10-7(11)6(9)12/h3,5H,1-2,4,8H2,(H2,9,12). The summed E-state index contributed by atoms with van der Waals surface area (Å²) in [6.07, 6.45) is 4.09. The molecule has 0 spiro atoms. The number of amides is 1. The van der Waals surface area contributed by atoms with Crippen LogP contribution in [0.2, 0.25) is 0 Å². The molecule has 1 heterocycles. The number of primary amides is 1. The zero-order valence-corrected chi connectivity index (χ0v) is 6.73. The highest BCUT2D eigenvalue weighted by Gasteiger charge is 2.06. The van der Waals surface area contributed by atoms with E-state index in [4.69, 9.17) is 11.5 Å². The van der Waals surface area contributed by atoms with Gasteiger partial charge in [0.2, 0.25) is 0 Å². The fourth-order valence-corrected chi connectivity index (χ4v) is 0.976. The Hall–Kier alpha value is -1.36. The summed E-state index contributed by atoms with van der Waals surface area (Å²) in [5.41, 5.74) is 10.4. The van der Waals surface area contributed by atoms with E-state index in [0.717, 1.165) is 6.42 Å². The number of nitrogens with two attached hydrogens (primary N) is 2. The largest absolute Gasteiger partial charge is 0.363 e. The molecular formula is C7H12N4O. The highest BCUT2D eigenvalue weighted by Crippen LogP contribution is 1.97. The molecule has 1 aromatic heterocycles. The van der Waals surface area contributed by atoms with E-state index in [9.17, 15) is 4.79 Å². The molecule has 1 aromatic rings. The molecule has 0 bridgehead atoms. The topological polar surface area (TPSA) is 86.9 Å². The number of carbonyl (C=O) groups excluding carboxylic acids is 1. The van der Waals surface area contributed by atoms with Gasteiger partial charge in [0.1, 0.15) is 0 Å². The van der Waals surface area contributed by atoms with Gasteiger partial charge in [0.15, 0.2) is 5.82 Å². The summed E-state index contributed by atoms with van der Waals surface area (Å²) in [6, 6.07) is 0. The second-order valence-electron chi connectivity index (χ2n) is 2.45. The molecular weight excluding hydrogens is 156 g/mol. The molecule has 0 aliphatic carbocycles. The van der Waals surface area contributed by atoms with Crippen molar-refractivity contribution in [2.75, 3.05) is 6.54 Å². The molecule has 0 fully saturated rings. The van der Waals surface area contributed by atoms with E-state index in [1.807, 2.05) is 0 Å². The van der Waals surface area contributed by atoms with Crippen molar-refractivity contribution in [1.82, 2.24) is 9.55 Å². The van der Waals surface area contributed by atoms with Crippen LogP contribution in [0.5, 0.6) is 0 Å². The zero-order chi connectivity index (χ0) is 8.97. The lowest BCUT2D eigenvalue weighted by atomic mass is 10.4. The quantitative estimate of drug-likeness (QED) is 0.625. The van der Waals surface area contributed by atoms with E-state index < -0.39 is 5.91 Å². The molecule has 0 aliphatic rings. The summed E-state index contributed by atoms with van der Waals surface area (Å²) in [6.45, 7) is 1.28. The molecule has 0 saturated carbocycles. The number of hydrogen-bond donors (Lipinski definition) is 2. The van der Waals surface area contributed by atoms with Crippen molar-refractivity contribution in [2.24, 2.45) is 11.5 Å². The van der Waals surface area contributed by atoms with Gasteiger partial charge >= 0.3 is 0 Å². The number of aromatic nitrogens is 2. The van der Waals surface area contributed by atoms with Crippen molar-refractivity contribution in [3.63, 3.8) is 0 Å². The third kappa shape index (κ3) is 1.82. The molecule has 66 valence electrons. The Labute approximate surface area is 70.4 Å². The van der Waals surface area contributed by atoms with Crippen LogP contribution in [0.1, 0.15) is 17.0 Å². The van der Waals surface area contributed by atoms with Crippen LogP contribution in [0.3, 0.4) is 0 Å². The van der Waals surface area contributed by atoms with Crippen molar-refractivity contribution >= 4 is 5.91 Å². The predicted molar refractivity (Wildman–Crippen MR) is 44.4 cm³/mol. The number of carbonyl (C=O) groups is 1. The molecule has 0 saturated heterocycles. The second kappa shape index (κ2) is 3.87. The third-order valence-corrected chi connectivity index (χ3v) is 1.54. The Morgan fingerprint density at radius 3 is 3.00 bits per heavy atom. The minimum Gasteiger partial charge on any atom is -0.363 e. The minimum absolute atomic E-state index is 0.295. The fourth-order valence-electron chi connectivity index (χ4n) is 0.976. The van der Waals surface area contributed by atoms with Crippen LogP contribution in [0.15, 0.2) is 12.4 Å². The molecule has 0 aromatic carbocycles. The molecule has 0 aliphatic heterocycles. The first kappa shape index (κ1) is 8.73. The molecule has 12 heavy (non-hydrogen) atoms. The van der Waals surface area contributed by atoms with Gasteiger partial charge in [-0.3, -0.25) is 4.79 Å². The van der Waals surface area contributed by atoms with Gasteiger partial charge in [-0.15, -0.1) is 0 Å². The van der Waals surface area contributed by atoms with Gasteiger partial charge in [-0.2, -0.15) is 0 Å². The van der Waals surface area contributed by atoms with Gasteiger partial charge in [0.25, 0.3) is 5.91 Å². The van der Waals surface area contributed by atoms with Gasteiger partial charge in [0.05, 0.1) is 0 Å². The molecule has 0 atom stereocenters. The first-order valence-electron chi connectivity index (χ1n) is 3.76. The summed E-state index contributed by atoms with van der Waals surface area (Å²) in [7, 11) is 0. The summed E-state index contributed by atoms with van der Waals surface area (Å²) in [4.78, 5) is 14.6. The summed E-state index contributed by atoms with van der Waals surface area (Å²) in [5.74, 6) is -0.208. The summed E-state index contributed by atoms with van der Waals surface area (Å²) >= 11 is 0. The monoisotopic (exact) mass is 168 g/mol. The van der Waals surface area contributed by atoms with Crippen LogP contribution in [0.4, 0.5) is 0 Å². The van der Waals surface area contributed by atoms with E-state index >= 15 is 0 Å². The number of nitrogens with zero attached hydrogens (tertiary/aromatic N) is 2. The molecule has 5 heteroatoms. The fraction of sp³-hybridized carbons (Fsp3) is 0.429. The van der Waals surface area contributed by atoms with Gasteiger partial charge in [0, 0.05) is 18.9 Å². The highest BCUT2D eigenvalue weighted by atomic mass is 16.1. The van der Waals surface area contributed by atoms with Crippen LogP contribution in [-0.4, -0.2) is 22.0 Å². The van der Waals surface area contributed by atoms with Gasteiger partial charge in [-0.05, 0) is 13.0 Å². The average molecular weight is 168 g/mol. The average Bonchev–Trinajstić information content (AvgIpc) is 2.48. The smallest absolute Gasteiger partial charge is 0.284 e. The Morgan fingerprint density at radius 2 is 2.42 bits per heavy atom. The highest BCUT2D eigenvalue weighted by molar-refractivity contribution is 5.89. The van der Waals surface area contributed by atoms with Crippen LogP contribution >= 0.6 is 0 Å². The van der Waals surface area contributed by atoms with E-state index in [0.29, 0.717) is 18.9 Å². The minimum atomic E-state index is -0.503. The number of aryl methyl sites for hydroxylation is 1. The number of rotatable bonds is 4.